The van der Waals surface area contributed by atoms with Gasteiger partial charge in [0.15, 0.2) is 11.5 Å². The lowest BCUT2D eigenvalue weighted by molar-refractivity contribution is -0.125. The minimum absolute atomic E-state index is 0.137. The lowest BCUT2D eigenvalue weighted by Gasteiger charge is -2.34. The molecule has 0 radical (unpaired) electrons. The third-order valence-electron chi connectivity index (χ3n) is 4.90. The van der Waals surface area contributed by atoms with Gasteiger partial charge in [0, 0.05) is 52.0 Å². The van der Waals surface area contributed by atoms with Gasteiger partial charge in [-0.25, -0.2) is 0 Å². The molecule has 0 saturated carbocycles. The molecule has 0 unspecified atom stereocenters. The second-order valence-corrected chi connectivity index (χ2v) is 6.94. The Morgan fingerprint density at radius 3 is 2.48 bits per heavy atom. The van der Waals surface area contributed by atoms with E-state index < -0.39 is 0 Å². The zero-order valence-electron chi connectivity index (χ0n) is 16.5. The van der Waals surface area contributed by atoms with Gasteiger partial charge in [0.1, 0.15) is 11.6 Å². The summed E-state index contributed by atoms with van der Waals surface area (Å²) in [6.45, 7) is 12.4. The Morgan fingerprint density at radius 2 is 1.83 bits per heavy atom. The average molecular weight is 394 g/mol. The maximum Gasteiger partial charge on any atom is 0.266 e. The average Bonchev–Trinajstić information content (AvgIpc) is 3.20. The van der Waals surface area contributed by atoms with Crippen molar-refractivity contribution in [2.45, 2.75) is 6.54 Å². The summed E-state index contributed by atoms with van der Waals surface area (Å²) in [6, 6.07) is 8.06. The van der Waals surface area contributed by atoms with E-state index in [9.17, 15) is 10.1 Å². The first-order chi connectivity index (χ1) is 14.1. The molecular formula is C22H26N4O3. The normalized spacial score (nSPS) is 16.2. The molecule has 0 spiro atoms. The molecule has 3 rings (SSSR count). The Labute approximate surface area is 171 Å². The summed E-state index contributed by atoms with van der Waals surface area (Å²) in [6.07, 6.45) is 4.97. The third kappa shape index (κ3) is 5.18. The third-order valence-corrected chi connectivity index (χ3v) is 4.90. The second-order valence-electron chi connectivity index (χ2n) is 6.94. The van der Waals surface area contributed by atoms with Crippen LogP contribution in [0.25, 0.3) is 0 Å². The molecule has 0 bridgehead atoms. The number of ether oxygens (including phenoxy) is 2. The first-order valence-electron chi connectivity index (χ1n) is 9.62. The number of benzene rings is 1. The molecule has 152 valence electrons. The van der Waals surface area contributed by atoms with Gasteiger partial charge in [0.05, 0.1) is 0 Å². The first kappa shape index (κ1) is 20.5. The van der Waals surface area contributed by atoms with Crippen LogP contribution in [0.2, 0.25) is 0 Å². The van der Waals surface area contributed by atoms with Gasteiger partial charge in [-0.15, -0.1) is 13.2 Å². The Morgan fingerprint density at radius 1 is 1.14 bits per heavy atom. The van der Waals surface area contributed by atoms with Crippen molar-refractivity contribution in [3.8, 4) is 17.6 Å². The van der Waals surface area contributed by atoms with Crippen molar-refractivity contribution in [3.05, 3.63) is 60.8 Å². The fourth-order valence-corrected chi connectivity index (χ4v) is 3.38. The second kappa shape index (κ2) is 9.80. The Kier molecular flexibility index (Phi) is 6.93. The van der Waals surface area contributed by atoms with E-state index in [2.05, 4.69) is 24.1 Å². The topological polar surface area (TPSA) is 69.0 Å². The number of carbonyl (C=O) groups is 1. The van der Waals surface area contributed by atoms with Crippen LogP contribution < -0.4 is 9.47 Å². The largest absolute Gasteiger partial charge is 0.454 e. The summed E-state index contributed by atoms with van der Waals surface area (Å²) in [7, 11) is 0. The van der Waals surface area contributed by atoms with E-state index in [1.807, 2.05) is 23.1 Å². The van der Waals surface area contributed by atoms with Gasteiger partial charge >= 0.3 is 0 Å². The number of nitrogens with zero attached hydrogens (tertiary/aromatic N) is 4. The number of rotatable bonds is 8. The van der Waals surface area contributed by atoms with Gasteiger partial charge in [-0.05, 0) is 17.7 Å². The first-order valence-corrected chi connectivity index (χ1v) is 9.62. The minimum Gasteiger partial charge on any atom is -0.454 e. The van der Waals surface area contributed by atoms with E-state index in [4.69, 9.17) is 9.47 Å². The van der Waals surface area contributed by atoms with Gasteiger partial charge in [0.2, 0.25) is 6.79 Å². The predicted octanol–water partition coefficient (Wildman–Crippen LogP) is 2.14. The van der Waals surface area contributed by atoms with Gasteiger partial charge in [-0.1, -0.05) is 18.2 Å². The fourth-order valence-electron chi connectivity index (χ4n) is 3.38. The number of hydrogen-bond donors (Lipinski definition) is 0. The summed E-state index contributed by atoms with van der Waals surface area (Å²) < 4.78 is 10.8. The molecule has 2 aliphatic heterocycles. The lowest BCUT2D eigenvalue weighted by atomic mass is 10.1. The summed E-state index contributed by atoms with van der Waals surface area (Å²) in [5, 5.41) is 9.46. The van der Waals surface area contributed by atoms with Crippen molar-refractivity contribution in [1.29, 1.82) is 5.26 Å². The van der Waals surface area contributed by atoms with Crippen LogP contribution in [-0.4, -0.2) is 66.7 Å². The van der Waals surface area contributed by atoms with E-state index in [0.717, 1.165) is 44.2 Å². The van der Waals surface area contributed by atoms with Crippen LogP contribution in [0.3, 0.4) is 0 Å². The molecule has 1 fully saturated rings. The van der Waals surface area contributed by atoms with Gasteiger partial charge < -0.3 is 19.3 Å². The van der Waals surface area contributed by atoms with E-state index in [1.54, 1.807) is 23.3 Å². The van der Waals surface area contributed by atoms with Gasteiger partial charge in [-0.2, -0.15) is 5.26 Å². The van der Waals surface area contributed by atoms with E-state index in [1.165, 1.54) is 5.56 Å². The Balaban J connectivity index is 1.56. The van der Waals surface area contributed by atoms with Crippen molar-refractivity contribution in [1.82, 2.24) is 14.7 Å². The summed E-state index contributed by atoms with van der Waals surface area (Å²) >= 11 is 0. The molecule has 0 atom stereocenters. The lowest BCUT2D eigenvalue weighted by Crippen LogP contribution is -2.44. The number of hydrogen-bond acceptors (Lipinski definition) is 6. The molecule has 7 nitrogen and oxygen atoms in total. The van der Waals surface area contributed by atoms with Crippen LogP contribution in [-0.2, 0) is 11.3 Å². The number of amides is 1. The van der Waals surface area contributed by atoms with Crippen LogP contribution in [0.5, 0.6) is 11.5 Å². The summed E-state index contributed by atoms with van der Waals surface area (Å²) in [5.74, 6) is 1.29. The number of carbonyl (C=O) groups excluding carboxylic acids is 1. The molecule has 0 N–H and O–H groups in total. The van der Waals surface area contributed by atoms with Crippen LogP contribution in [0.15, 0.2) is 55.3 Å². The van der Waals surface area contributed by atoms with Crippen molar-refractivity contribution in [2.75, 3.05) is 46.1 Å². The number of fused-ring (bicyclic) bond motifs is 1. The summed E-state index contributed by atoms with van der Waals surface area (Å²) in [4.78, 5) is 18.5. The maximum atomic E-state index is 12.6. The molecule has 1 saturated heterocycles. The molecule has 0 aromatic heterocycles. The minimum atomic E-state index is -0.296. The van der Waals surface area contributed by atoms with Crippen LogP contribution in [0.1, 0.15) is 5.56 Å². The molecule has 7 heteroatoms. The van der Waals surface area contributed by atoms with Crippen molar-refractivity contribution < 1.29 is 14.3 Å². The summed E-state index contributed by atoms with van der Waals surface area (Å²) in [5.41, 5.74) is 1.31. The zero-order chi connectivity index (χ0) is 20.6. The van der Waals surface area contributed by atoms with Crippen molar-refractivity contribution >= 4 is 5.91 Å². The van der Waals surface area contributed by atoms with Crippen LogP contribution in [0, 0.1) is 11.3 Å². The highest BCUT2D eigenvalue weighted by Gasteiger charge is 2.21. The van der Waals surface area contributed by atoms with Gasteiger partial charge in [-0.3, -0.25) is 9.69 Å². The molecule has 29 heavy (non-hydrogen) atoms. The van der Waals surface area contributed by atoms with Crippen molar-refractivity contribution in [2.24, 2.45) is 0 Å². The van der Waals surface area contributed by atoms with E-state index in [0.29, 0.717) is 13.1 Å². The fraction of sp³-hybridized carbons (Fsp3) is 0.364. The molecule has 1 amide bonds. The van der Waals surface area contributed by atoms with E-state index >= 15 is 0 Å². The van der Waals surface area contributed by atoms with E-state index in [-0.39, 0.29) is 18.3 Å². The maximum absolute atomic E-state index is 12.6. The highest BCUT2D eigenvalue weighted by Crippen LogP contribution is 2.32. The quantitative estimate of drug-likeness (QED) is 0.382. The monoisotopic (exact) mass is 394 g/mol. The molecule has 2 aliphatic rings. The van der Waals surface area contributed by atoms with Crippen molar-refractivity contribution in [3.63, 3.8) is 0 Å². The van der Waals surface area contributed by atoms with Crippen LogP contribution in [0.4, 0.5) is 0 Å². The number of piperazine rings is 1. The highest BCUT2D eigenvalue weighted by atomic mass is 16.7. The SMILES string of the molecule is C=CCN(CC=C)C(=O)/C(C#N)=C\N1CCN(Cc2ccc3c(c2)OCO3)CC1. The smallest absolute Gasteiger partial charge is 0.266 e. The molecule has 1 aromatic rings. The predicted molar refractivity (Wildman–Crippen MR) is 110 cm³/mol. The van der Waals surface area contributed by atoms with Crippen LogP contribution >= 0.6 is 0 Å². The highest BCUT2D eigenvalue weighted by molar-refractivity contribution is 5.97. The number of nitriles is 1. The zero-order valence-corrected chi connectivity index (χ0v) is 16.5. The molecular weight excluding hydrogens is 368 g/mol. The Hall–Kier alpha value is -3.24. The molecule has 2 heterocycles. The Bertz CT molecular complexity index is 825. The molecule has 0 aliphatic carbocycles. The standard InChI is InChI=1S/C22H26N4O3/c1-3-7-26(8-4-2)22(27)19(14-23)16-25-11-9-24(10-12-25)15-18-5-6-20-21(13-18)29-17-28-20/h3-6,13,16H,1-2,7-12,15,17H2/b19-16-. The molecule has 1 aromatic carbocycles. The van der Waals surface area contributed by atoms with Gasteiger partial charge in [0.25, 0.3) is 5.91 Å².